The molecule has 2 aromatic rings. The van der Waals surface area contributed by atoms with Gasteiger partial charge in [0.1, 0.15) is 5.82 Å². The fourth-order valence-corrected chi connectivity index (χ4v) is 1.90. The second-order valence-corrected chi connectivity index (χ2v) is 4.90. The van der Waals surface area contributed by atoms with E-state index >= 15 is 0 Å². The quantitative estimate of drug-likeness (QED) is 0.860. The molecule has 1 amide bonds. The molecule has 22 heavy (non-hydrogen) atoms. The van der Waals surface area contributed by atoms with Crippen molar-refractivity contribution < 1.29 is 18.7 Å². The van der Waals surface area contributed by atoms with Gasteiger partial charge in [0.15, 0.2) is 6.61 Å². The number of ether oxygens (including phenoxy) is 1. The zero-order valence-electron chi connectivity index (χ0n) is 11.5. The Bertz CT molecular complexity index is 673. The van der Waals surface area contributed by atoms with Crippen LogP contribution >= 0.6 is 11.6 Å². The van der Waals surface area contributed by atoms with Gasteiger partial charge in [-0.05, 0) is 29.8 Å². The lowest BCUT2D eigenvalue weighted by Crippen LogP contribution is -2.21. The lowest BCUT2D eigenvalue weighted by Gasteiger charge is -2.08. The number of nitrogens with one attached hydrogen (secondary N) is 1. The Morgan fingerprint density at radius 1 is 1.09 bits per heavy atom. The summed E-state index contributed by atoms with van der Waals surface area (Å²) in [6, 6.07) is 12.2. The van der Waals surface area contributed by atoms with Crippen LogP contribution in [0.2, 0.25) is 5.02 Å². The van der Waals surface area contributed by atoms with E-state index in [1.165, 1.54) is 24.3 Å². The first-order valence-electron chi connectivity index (χ1n) is 6.49. The molecule has 0 bridgehead atoms. The van der Waals surface area contributed by atoms with E-state index in [0.29, 0.717) is 16.3 Å². The molecule has 0 heterocycles. The number of rotatable bonds is 5. The summed E-state index contributed by atoms with van der Waals surface area (Å²) in [5.74, 6) is -1.43. The van der Waals surface area contributed by atoms with Crippen molar-refractivity contribution in [3.63, 3.8) is 0 Å². The zero-order valence-corrected chi connectivity index (χ0v) is 12.3. The Kier molecular flexibility index (Phi) is 5.49. The number of benzene rings is 2. The number of hydrogen-bond donors (Lipinski definition) is 1. The summed E-state index contributed by atoms with van der Waals surface area (Å²) >= 11 is 5.90. The Balaban J connectivity index is 1.79. The van der Waals surface area contributed by atoms with Crippen molar-refractivity contribution in [3.8, 4) is 0 Å². The molecule has 0 aromatic heterocycles. The normalized spacial score (nSPS) is 10.1. The van der Waals surface area contributed by atoms with Gasteiger partial charge < -0.3 is 10.1 Å². The van der Waals surface area contributed by atoms with Crippen LogP contribution in [0.4, 0.5) is 10.1 Å². The number of anilines is 1. The number of carbonyl (C=O) groups is 2. The van der Waals surface area contributed by atoms with Gasteiger partial charge in [0, 0.05) is 0 Å². The van der Waals surface area contributed by atoms with E-state index in [1.807, 2.05) is 0 Å². The van der Waals surface area contributed by atoms with Crippen LogP contribution in [0.5, 0.6) is 0 Å². The minimum Gasteiger partial charge on any atom is -0.455 e. The molecule has 0 atom stereocenters. The third-order valence-electron chi connectivity index (χ3n) is 2.77. The predicted octanol–water partition coefficient (Wildman–Crippen LogP) is 3.20. The van der Waals surface area contributed by atoms with E-state index < -0.39 is 18.5 Å². The highest BCUT2D eigenvalue weighted by atomic mass is 35.5. The maximum absolute atomic E-state index is 12.7. The molecule has 0 radical (unpaired) electrons. The zero-order chi connectivity index (χ0) is 15.9. The fourth-order valence-electron chi connectivity index (χ4n) is 1.71. The van der Waals surface area contributed by atoms with E-state index in [-0.39, 0.29) is 12.2 Å². The van der Waals surface area contributed by atoms with Crippen molar-refractivity contribution in [2.24, 2.45) is 0 Å². The number of halogens is 2. The van der Waals surface area contributed by atoms with Crippen molar-refractivity contribution in [2.75, 3.05) is 11.9 Å². The van der Waals surface area contributed by atoms with Gasteiger partial charge in [-0.2, -0.15) is 0 Å². The Morgan fingerprint density at radius 3 is 2.45 bits per heavy atom. The smallest absolute Gasteiger partial charge is 0.310 e. The first-order valence-corrected chi connectivity index (χ1v) is 6.87. The molecule has 0 aliphatic heterocycles. The molecule has 0 saturated carbocycles. The van der Waals surface area contributed by atoms with Gasteiger partial charge >= 0.3 is 5.97 Å². The average molecular weight is 322 g/mol. The summed E-state index contributed by atoms with van der Waals surface area (Å²) in [6.07, 6.45) is -0.0281. The van der Waals surface area contributed by atoms with E-state index in [4.69, 9.17) is 16.3 Å². The Labute approximate surface area is 131 Å². The average Bonchev–Trinajstić information content (AvgIpc) is 2.50. The van der Waals surface area contributed by atoms with Crippen molar-refractivity contribution in [2.45, 2.75) is 6.42 Å². The second-order valence-electron chi connectivity index (χ2n) is 4.49. The van der Waals surface area contributed by atoms with Crippen LogP contribution in [0.3, 0.4) is 0 Å². The molecular weight excluding hydrogens is 309 g/mol. The van der Waals surface area contributed by atoms with Gasteiger partial charge in [-0.1, -0.05) is 35.9 Å². The summed E-state index contributed by atoms with van der Waals surface area (Å²) < 4.78 is 17.6. The highest BCUT2D eigenvalue weighted by Crippen LogP contribution is 2.20. The van der Waals surface area contributed by atoms with Crippen LogP contribution in [0.15, 0.2) is 48.5 Å². The lowest BCUT2D eigenvalue weighted by atomic mass is 10.1. The van der Waals surface area contributed by atoms with E-state index in [2.05, 4.69) is 5.32 Å². The van der Waals surface area contributed by atoms with Gasteiger partial charge in [-0.3, -0.25) is 9.59 Å². The number of amides is 1. The molecule has 4 nitrogen and oxygen atoms in total. The second kappa shape index (κ2) is 7.56. The SMILES string of the molecule is O=C(COC(=O)Cc1ccc(F)cc1)Nc1ccccc1Cl. The van der Waals surface area contributed by atoms with Crippen LogP contribution in [-0.4, -0.2) is 18.5 Å². The Hall–Kier alpha value is -2.40. The minimum absolute atomic E-state index is 0.0281. The number of para-hydroxylation sites is 1. The summed E-state index contributed by atoms with van der Waals surface area (Å²) in [5, 5.41) is 2.94. The standard InChI is InChI=1S/C16H13ClFNO3/c17-13-3-1-2-4-14(13)19-15(20)10-22-16(21)9-11-5-7-12(18)8-6-11/h1-8H,9-10H2,(H,19,20). The van der Waals surface area contributed by atoms with Gasteiger partial charge in [0.2, 0.25) is 0 Å². The van der Waals surface area contributed by atoms with Crippen molar-refractivity contribution in [3.05, 3.63) is 64.9 Å². The maximum Gasteiger partial charge on any atom is 0.310 e. The molecular formula is C16H13ClFNO3. The fraction of sp³-hybridized carbons (Fsp3) is 0.125. The molecule has 0 spiro atoms. The maximum atomic E-state index is 12.7. The highest BCUT2D eigenvalue weighted by Gasteiger charge is 2.10. The van der Waals surface area contributed by atoms with Crippen molar-refractivity contribution >= 4 is 29.2 Å². The summed E-state index contributed by atoms with van der Waals surface area (Å²) in [7, 11) is 0. The van der Waals surface area contributed by atoms with E-state index in [0.717, 1.165) is 0 Å². The van der Waals surface area contributed by atoms with Crippen LogP contribution < -0.4 is 5.32 Å². The number of carbonyl (C=O) groups excluding carboxylic acids is 2. The van der Waals surface area contributed by atoms with Crippen molar-refractivity contribution in [1.29, 1.82) is 0 Å². The summed E-state index contributed by atoms with van der Waals surface area (Å²) in [6.45, 7) is -0.411. The summed E-state index contributed by atoms with van der Waals surface area (Å²) in [5.41, 5.74) is 1.06. The van der Waals surface area contributed by atoms with E-state index in [9.17, 15) is 14.0 Å². The molecule has 2 rings (SSSR count). The molecule has 1 N–H and O–H groups in total. The largest absolute Gasteiger partial charge is 0.455 e. The molecule has 0 saturated heterocycles. The monoisotopic (exact) mass is 321 g/mol. The van der Waals surface area contributed by atoms with E-state index in [1.54, 1.807) is 24.3 Å². The number of hydrogen-bond acceptors (Lipinski definition) is 3. The van der Waals surface area contributed by atoms with Crippen LogP contribution in [0.25, 0.3) is 0 Å². The third kappa shape index (κ3) is 4.86. The molecule has 0 unspecified atom stereocenters. The molecule has 0 aliphatic carbocycles. The van der Waals surface area contributed by atoms with Gasteiger partial charge in [-0.25, -0.2) is 4.39 Å². The van der Waals surface area contributed by atoms with Gasteiger partial charge in [0.25, 0.3) is 5.91 Å². The number of esters is 1. The molecule has 0 aliphatic rings. The predicted molar refractivity (Wildman–Crippen MR) is 81.1 cm³/mol. The molecule has 2 aromatic carbocycles. The van der Waals surface area contributed by atoms with Crippen LogP contribution in [0, 0.1) is 5.82 Å². The van der Waals surface area contributed by atoms with Crippen LogP contribution in [-0.2, 0) is 20.7 Å². The molecule has 0 fully saturated rings. The molecule has 114 valence electrons. The first-order chi connectivity index (χ1) is 10.5. The third-order valence-corrected chi connectivity index (χ3v) is 3.10. The molecule has 6 heteroatoms. The minimum atomic E-state index is -0.569. The van der Waals surface area contributed by atoms with Crippen LogP contribution in [0.1, 0.15) is 5.56 Å². The Morgan fingerprint density at radius 2 is 1.77 bits per heavy atom. The van der Waals surface area contributed by atoms with Gasteiger partial charge in [0.05, 0.1) is 17.1 Å². The summed E-state index contributed by atoms with van der Waals surface area (Å²) in [4.78, 5) is 23.3. The van der Waals surface area contributed by atoms with Crippen molar-refractivity contribution in [1.82, 2.24) is 0 Å². The first kappa shape index (κ1) is 16.0. The topological polar surface area (TPSA) is 55.4 Å². The highest BCUT2D eigenvalue weighted by molar-refractivity contribution is 6.33. The van der Waals surface area contributed by atoms with Gasteiger partial charge in [-0.15, -0.1) is 0 Å². The lowest BCUT2D eigenvalue weighted by molar-refractivity contribution is -0.146.